The third-order valence-corrected chi connectivity index (χ3v) is 6.51. The van der Waals surface area contributed by atoms with E-state index in [0.717, 1.165) is 28.4 Å². The molecule has 0 spiro atoms. The van der Waals surface area contributed by atoms with Crippen LogP contribution < -0.4 is 15.0 Å². The second-order valence-corrected chi connectivity index (χ2v) is 9.19. The molecule has 0 radical (unpaired) electrons. The number of amides is 1. The molecule has 0 aliphatic carbocycles. The molecule has 0 bridgehead atoms. The van der Waals surface area contributed by atoms with Crippen molar-refractivity contribution in [2.24, 2.45) is 7.05 Å². The molecule has 1 amide bonds. The normalized spacial score (nSPS) is 10.9. The predicted molar refractivity (Wildman–Crippen MR) is 143 cm³/mol. The molecule has 0 unspecified atom stereocenters. The van der Waals surface area contributed by atoms with E-state index in [4.69, 9.17) is 4.74 Å². The summed E-state index contributed by atoms with van der Waals surface area (Å²) in [6.45, 7) is 4.03. The Morgan fingerprint density at radius 2 is 1.63 bits per heavy atom. The number of rotatable bonds is 9. The Labute approximate surface area is 210 Å². The van der Waals surface area contributed by atoms with E-state index in [9.17, 15) is 4.79 Å². The highest BCUT2D eigenvalue weighted by molar-refractivity contribution is 7.99. The standard InChI is InChI=1S/C27H29N5O2S/c1-19(2)32(22-16-14-21(15-17-22)28-20-10-6-5-7-11-20)25(33)18-35-27-30-29-26(31(27)3)23-12-8-9-13-24(23)34-4/h5-17,19,28H,18H2,1-4H3. The maximum Gasteiger partial charge on any atom is 0.237 e. The van der Waals surface area contributed by atoms with Gasteiger partial charge in [0.1, 0.15) is 5.75 Å². The van der Waals surface area contributed by atoms with Crippen LogP contribution in [0.5, 0.6) is 5.75 Å². The zero-order valence-electron chi connectivity index (χ0n) is 20.3. The van der Waals surface area contributed by atoms with Gasteiger partial charge in [-0.1, -0.05) is 42.1 Å². The molecule has 0 atom stereocenters. The molecular formula is C27H29N5O2S. The zero-order valence-corrected chi connectivity index (χ0v) is 21.1. The van der Waals surface area contributed by atoms with Gasteiger partial charge in [0.05, 0.1) is 18.4 Å². The Kier molecular flexibility index (Phi) is 7.72. The number of aromatic nitrogens is 3. The summed E-state index contributed by atoms with van der Waals surface area (Å²) < 4.78 is 7.35. The number of methoxy groups -OCH3 is 1. The maximum absolute atomic E-state index is 13.2. The summed E-state index contributed by atoms with van der Waals surface area (Å²) in [6, 6.07) is 25.6. The van der Waals surface area contributed by atoms with Crippen LogP contribution in [0.25, 0.3) is 11.4 Å². The number of ether oxygens (including phenoxy) is 1. The number of nitrogens with zero attached hydrogens (tertiary/aromatic N) is 4. The van der Waals surface area contributed by atoms with Crippen LogP contribution in [0.4, 0.5) is 17.1 Å². The molecule has 7 nitrogen and oxygen atoms in total. The third kappa shape index (κ3) is 5.66. The van der Waals surface area contributed by atoms with Crippen molar-refractivity contribution in [3.05, 3.63) is 78.9 Å². The lowest BCUT2D eigenvalue weighted by Crippen LogP contribution is -2.38. The number of anilines is 3. The zero-order chi connectivity index (χ0) is 24.8. The minimum atomic E-state index is 0.00982. The van der Waals surface area contributed by atoms with E-state index in [0.29, 0.717) is 11.0 Å². The van der Waals surface area contributed by atoms with Gasteiger partial charge in [-0.3, -0.25) is 4.79 Å². The summed E-state index contributed by atoms with van der Waals surface area (Å²) in [4.78, 5) is 15.1. The Morgan fingerprint density at radius 3 is 2.31 bits per heavy atom. The lowest BCUT2D eigenvalue weighted by atomic mass is 10.2. The first-order valence-corrected chi connectivity index (χ1v) is 12.4. The van der Waals surface area contributed by atoms with Crippen molar-refractivity contribution in [2.75, 3.05) is 23.1 Å². The van der Waals surface area contributed by atoms with Crippen molar-refractivity contribution in [3.63, 3.8) is 0 Å². The molecule has 0 aliphatic rings. The van der Waals surface area contributed by atoms with Crippen LogP contribution in [0.15, 0.2) is 84.0 Å². The van der Waals surface area contributed by atoms with Crippen molar-refractivity contribution >= 4 is 34.7 Å². The third-order valence-electron chi connectivity index (χ3n) is 5.50. The van der Waals surface area contributed by atoms with E-state index in [1.165, 1.54) is 11.8 Å². The summed E-state index contributed by atoms with van der Waals surface area (Å²) in [6.07, 6.45) is 0. The van der Waals surface area contributed by atoms with Gasteiger partial charge in [0, 0.05) is 30.2 Å². The smallest absolute Gasteiger partial charge is 0.237 e. The average Bonchev–Trinajstić information content (AvgIpc) is 3.24. The Hall–Kier alpha value is -3.78. The molecule has 1 N–H and O–H groups in total. The van der Waals surface area contributed by atoms with Gasteiger partial charge in [-0.05, 0) is 62.4 Å². The number of nitrogens with one attached hydrogen (secondary N) is 1. The predicted octanol–water partition coefficient (Wildman–Crippen LogP) is 5.77. The van der Waals surface area contributed by atoms with E-state index in [-0.39, 0.29) is 17.7 Å². The van der Waals surface area contributed by atoms with Crippen molar-refractivity contribution in [1.29, 1.82) is 0 Å². The van der Waals surface area contributed by atoms with Gasteiger partial charge in [0.25, 0.3) is 0 Å². The van der Waals surface area contributed by atoms with Gasteiger partial charge < -0.3 is 19.5 Å². The molecule has 35 heavy (non-hydrogen) atoms. The quantitative estimate of drug-likeness (QED) is 0.302. The first-order chi connectivity index (χ1) is 17.0. The maximum atomic E-state index is 13.2. The molecule has 180 valence electrons. The summed E-state index contributed by atoms with van der Waals surface area (Å²) in [5.74, 6) is 1.68. The molecule has 4 aromatic rings. The number of para-hydroxylation sites is 2. The number of benzene rings is 3. The highest BCUT2D eigenvalue weighted by Gasteiger charge is 2.21. The van der Waals surface area contributed by atoms with Crippen molar-refractivity contribution in [1.82, 2.24) is 14.8 Å². The van der Waals surface area contributed by atoms with Crippen molar-refractivity contribution < 1.29 is 9.53 Å². The van der Waals surface area contributed by atoms with Crippen LogP contribution in [0.3, 0.4) is 0 Å². The molecule has 0 saturated heterocycles. The molecule has 0 saturated carbocycles. The van der Waals surface area contributed by atoms with E-state index >= 15 is 0 Å². The highest BCUT2D eigenvalue weighted by Crippen LogP contribution is 2.30. The monoisotopic (exact) mass is 487 g/mol. The van der Waals surface area contributed by atoms with Gasteiger partial charge in [0.2, 0.25) is 5.91 Å². The summed E-state index contributed by atoms with van der Waals surface area (Å²) in [5.41, 5.74) is 3.70. The Balaban J connectivity index is 1.45. The van der Waals surface area contributed by atoms with Crippen molar-refractivity contribution in [2.45, 2.75) is 25.0 Å². The van der Waals surface area contributed by atoms with E-state index in [1.54, 1.807) is 7.11 Å². The molecule has 1 heterocycles. The number of thioether (sulfide) groups is 1. The van der Waals surface area contributed by atoms with Crippen LogP contribution in [-0.2, 0) is 11.8 Å². The molecule has 0 aliphatic heterocycles. The van der Waals surface area contributed by atoms with E-state index in [2.05, 4.69) is 15.5 Å². The fourth-order valence-electron chi connectivity index (χ4n) is 3.82. The second-order valence-electron chi connectivity index (χ2n) is 8.25. The minimum Gasteiger partial charge on any atom is -0.496 e. The number of hydrogen-bond donors (Lipinski definition) is 1. The molecule has 0 fully saturated rings. The van der Waals surface area contributed by atoms with E-state index in [1.807, 2.05) is 109 Å². The lowest BCUT2D eigenvalue weighted by molar-refractivity contribution is -0.116. The summed E-state index contributed by atoms with van der Waals surface area (Å²) in [5, 5.41) is 12.7. The molecule has 4 rings (SSSR count). The average molecular weight is 488 g/mol. The van der Waals surface area contributed by atoms with Crippen LogP contribution in [0.2, 0.25) is 0 Å². The Morgan fingerprint density at radius 1 is 0.971 bits per heavy atom. The number of hydrogen-bond acceptors (Lipinski definition) is 6. The van der Waals surface area contributed by atoms with Gasteiger partial charge in [-0.15, -0.1) is 10.2 Å². The number of carbonyl (C=O) groups excluding carboxylic acids is 1. The van der Waals surface area contributed by atoms with Gasteiger partial charge in [-0.2, -0.15) is 0 Å². The van der Waals surface area contributed by atoms with Crippen LogP contribution >= 0.6 is 11.8 Å². The van der Waals surface area contributed by atoms with Gasteiger partial charge >= 0.3 is 0 Å². The topological polar surface area (TPSA) is 72.3 Å². The minimum absolute atomic E-state index is 0.00982. The fraction of sp³-hybridized carbons (Fsp3) is 0.222. The highest BCUT2D eigenvalue weighted by atomic mass is 32.2. The van der Waals surface area contributed by atoms with Crippen LogP contribution in [-0.4, -0.2) is 39.6 Å². The van der Waals surface area contributed by atoms with Gasteiger partial charge in [0.15, 0.2) is 11.0 Å². The van der Waals surface area contributed by atoms with Crippen LogP contribution in [0, 0.1) is 0 Å². The number of carbonyl (C=O) groups is 1. The first-order valence-electron chi connectivity index (χ1n) is 11.4. The van der Waals surface area contributed by atoms with E-state index < -0.39 is 0 Å². The van der Waals surface area contributed by atoms with Crippen LogP contribution in [0.1, 0.15) is 13.8 Å². The first kappa shape index (κ1) is 24.3. The molecular weight excluding hydrogens is 458 g/mol. The van der Waals surface area contributed by atoms with Gasteiger partial charge in [-0.25, -0.2) is 0 Å². The molecule has 3 aromatic carbocycles. The molecule has 8 heteroatoms. The lowest BCUT2D eigenvalue weighted by Gasteiger charge is -2.27. The summed E-state index contributed by atoms with van der Waals surface area (Å²) in [7, 11) is 3.53. The second kappa shape index (κ2) is 11.1. The fourth-order valence-corrected chi connectivity index (χ4v) is 4.59. The molecule has 1 aromatic heterocycles. The Bertz CT molecular complexity index is 1270. The summed E-state index contributed by atoms with van der Waals surface area (Å²) >= 11 is 1.37. The van der Waals surface area contributed by atoms with Crippen molar-refractivity contribution in [3.8, 4) is 17.1 Å². The largest absolute Gasteiger partial charge is 0.496 e. The SMILES string of the molecule is COc1ccccc1-c1nnc(SCC(=O)N(c2ccc(Nc3ccccc3)cc2)C(C)C)n1C.